The maximum atomic E-state index is 11.8. The largest absolute Gasteiger partial charge is 0.375 e. The highest BCUT2D eigenvalue weighted by molar-refractivity contribution is 5.86. The Morgan fingerprint density at radius 2 is 1.87 bits per heavy atom. The van der Waals surface area contributed by atoms with Crippen LogP contribution < -0.4 is 5.32 Å². The molecule has 1 fully saturated rings. The van der Waals surface area contributed by atoms with E-state index in [9.17, 15) is 4.79 Å². The second-order valence-electron chi connectivity index (χ2n) is 4.13. The highest BCUT2D eigenvalue weighted by atomic mass is 16.1. The van der Waals surface area contributed by atoms with E-state index in [4.69, 9.17) is 0 Å². The summed E-state index contributed by atoms with van der Waals surface area (Å²) in [7, 11) is 0. The normalized spacial score (nSPS) is 22.1. The van der Waals surface area contributed by atoms with Crippen molar-refractivity contribution in [2.75, 3.05) is 5.32 Å². The Morgan fingerprint density at radius 3 is 2.67 bits per heavy atom. The molecule has 2 heteroatoms. The van der Waals surface area contributed by atoms with Gasteiger partial charge in [-0.1, -0.05) is 31.0 Å². The van der Waals surface area contributed by atoms with E-state index >= 15 is 0 Å². The van der Waals surface area contributed by atoms with Gasteiger partial charge in [-0.2, -0.15) is 0 Å². The molecule has 0 saturated heterocycles. The van der Waals surface area contributed by atoms with Gasteiger partial charge in [0.25, 0.3) is 0 Å². The van der Waals surface area contributed by atoms with Gasteiger partial charge in [-0.3, -0.25) is 4.79 Å². The zero-order valence-electron chi connectivity index (χ0n) is 8.91. The molecule has 2 nitrogen and oxygen atoms in total. The average molecular weight is 203 g/mol. The third-order valence-corrected chi connectivity index (χ3v) is 2.92. The third kappa shape index (κ3) is 2.82. The van der Waals surface area contributed by atoms with Gasteiger partial charge in [0.2, 0.25) is 0 Å². The standard InChI is InChI=1S/C13H17NO/c15-13-10-6-2-5-9-12(13)14-11-7-3-1-4-8-11/h1,3-4,7-8,12,14H,2,5-6,9-10H2. The molecular weight excluding hydrogens is 186 g/mol. The predicted octanol–water partition coefficient (Wildman–Crippen LogP) is 3.00. The molecule has 1 unspecified atom stereocenters. The lowest BCUT2D eigenvalue weighted by Crippen LogP contribution is -2.28. The van der Waals surface area contributed by atoms with Crippen LogP contribution in [0.2, 0.25) is 0 Å². The van der Waals surface area contributed by atoms with Gasteiger partial charge in [0, 0.05) is 12.1 Å². The van der Waals surface area contributed by atoms with Crippen LogP contribution in [0, 0.1) is 0 Å². The van der Waals surface area contributed by atoms with E-state index in [1.807, 2.05) is 30.3 Å². The van der Waals surface area contributed by atoms with Crippen molar-refractivity contribution in [2.45, 2.75) is 38.1 Å². The van der Waals surface area contributed by atoms with Crippen LogP contribution in [-0.4, -0.2) is 11.8 Å². The molecule has 1 aliphatic rings. The quantitative estimate of drug-likeness (QED) is 0.749. The molecule has 0 aliphatic heterocycles. The van der Waals surface area contributed by atoms with Crippen molar-refractivity contribution in [1.29, 1.82) is 0 Å². The Kier molecular flexibility index (Phi) is 3.38. The lowest BCUT2D eigenvalue weighted by atomic mass is 10.1. The fourth-order valence-corrected chi connectivity index (χ4v) is 2.05. The molecule has 1 aromatic rings. The molecule has 80 valence electrons. The van der Waals surface area contributed by atoms with E-state index in [0.717, 1.165) is 31.4 Å². The van der Waals surface area contributed by atoms with Crippen LogP contribution in [0.1, 0.15) is 32.1 Å². The van der Waals surface area contributed by atoms with Crippen molar-refractivity contribution < 1.29 is 4.79 Å². The van der Waals surface area contributed by atoms with Gasteiger partial charge in [-0.15, -0.1) is 0 Å². The fraction of sp³-hybridized carbons (Fsp3) is 0.462. The van der Waals surface area contributed by atoms with Crippen LogP contribution in [0.4, 0.5) is 5.69 Å². The van der Waals surface area contributed by atoms with E-state index in [1.165, 1.54) is 6.42 Å². The van der Waals surface area contributed by atoms with Gasteiger partial charge in [0.15, 0.2) is 5.78 Å². The van der Waals surface area contributed by atoms with Crippen LogP contribution in [0.3, 0.4) is 0 Å². The first-order valence-electron chi connectivity index (χ1n) is 5.70. The molecule has 2 rings (SSSR count). The van der Waals surface area contributed by atoms with Crippen LogP contribution in [0.15, 0.2) is 30.3 Å². The first kappa shape index (κ1) is 10.2. The second-order valence-corrected chi connectivity index (χ2v) is 4.13. The number of hydrogen-bond donors (Lipinski definition) is 1. The van der Waals surface area contributed by atoms with Gasteiger partial charge < -0.3 is 5.32 Å². The van der Waals surface area contributed by atoms with Crippen molar-refractivity contribution in [1.82, 2.24) is 0 Å². The Hall–Kier alpha value is -1.31. The van der Waals surface area contributed by atoms with E-state index in [2.05, 4.69) is 5.32 Å². The Balaban J connectivity index is 2.01. The maximum absolute atomic E-state index is 11.8. The zero-order valence-corrected chi connectivity index (χ0v) is 8.91. The van der Waals surface area contributed by atoms with Gasteiger partial charge >= 0.3 is 0 Å². The smallest absolute Gasteiger partial charge is 0.155 e. The van der Waals surface area contributed by atoms with E-state index < -0.39 is 0 Å². The number of rotatable bonds is 2. The van der Waals surface area contributed by atoms with Crippen molar-refractivity contribution in [3.63, 3.8) is 0 Å². The first-order chi connectivity index (χ1) is 7.36. The van der Waals surface area contributed by atoms with Gasteiger partial charge in [-0.05, 0) is 25.0 Å². The van der Waals surface area contributed by atoms with Crippen molar-refractivity contribution in [3.05, 3.63) is 30.3 Å². The lowest BCUT2D eigenvalue weighted by molar-refractivity contribution is -0.119. The SMILES string of the molecule is O=C1CCCCCC1Nc1ccccc1. The number of benzene rings is 1. The summed E-state index contributed by atoms with van der Waals surface area (Å²) in [5, 5.41) is 3.32. The minimum atomic E-state index is 0.0369. The molecule has 1 N–H and O–H groups in total. The Morgan fingerprint density at radius 1 is 1.07 bits per heavy atom. The number of para-hydroxylation sites is 1. The van der Waals surface area contributed by atoms with Crippen molar-refractivity contribution in [3.8, 4) is 0 Å². The lowest BCUT2D eigenvalue weighted by Gasteiger charge is -2.16. The first-order valence-corrected chi connectivity index (χ1v) is 5.70. The van der Waals surface area contributed by atoms with E-state index in [1.54, 1.807) is 0 Å². The molecule has 0 bridgehead atoms. The van der Waals surface area contributed by atoms with Gasteiger partial charge in [-0.25, -0.2) is 0 Å². The molecular formula is C13H17NO. The fourth-order valence-electron chi connectivity index (χ4n) is 2.05. The van der Waals surface area contributed by atoms with Gasteiger partial charge in [0.05, 0.1) is 6.04 Å². The number of nitrogens with one attached hydrogen (secondary N) is 1. The summed E-state index contributed by atoms with van der Waals surface area (Å²) in [5.74, 6) is 0.372. The topological polar surface area (TPSA) is 29.1 Å². The van der Waals surface area contributed by atoms with Gasteiger partial charge in [0.1, 0.15) is 0 Å². The summed E-state index contributed by atoms with van der Waals surface area (Å²) in [6, 6.07) is 10.0. The zero-order chi connectivity index (χ0) is 10.5. The summed E-state index contributed by atoms with van der Waals surface area (Å²) in [6.45, 7) is 0. The minimum Gasteiger partial charge on any atom is -0.375 e. The predicted molar refractivity (Wildman–Crippen MR) is 61.9 cm³/mol. The number of Topliss-reactive ketones (excluding diaryl/α,β-unsaturated/α-hetero) is 1. The Labute approximate surface area is 90.7 Å². The van der Waals surface area contributed by atoms with Crippen LogP contribution >= 0.6 is 0 Å². The maximum Gasteiger partial charge on any atom is 0.155 e. The summed E-state index contributed by atoms with van der Waals surface area (Å²) in [4.78, 5) is 11.8. The molecule has 1 aliphatic carbocycles. The molecule has 0 radical (unpaired) electrons. The molecule has 0 aromatic heterocycles. The monoisotopic (exact) mass is 203 g/mol. The number of carbonyl (C=O) groups excluding carboxylic acids is 1. The van der Waals surface area contributed by atoms with Crippen molar-refractivity contribution >= 4 is 11.5 Å². The summed E-state index contributed by atoms with van der Waals surface area (Å²) < 4.78 is 0. The highest BCUT2D eigenvalue weighted by Gasteiger charge is 2.19. The Bertz CT molecular complexity index is 321. The highest BCUT2D eigenvalue weighted by Crippen LogP contribution is 2.18. The second kappa shape index (κ2) is 4.96. The summed E-state index contributed by atoms with van der Waals surface area (Å²) in [5.41, 5.74) is 1.05. The molecule has 1 saturated carbocycles. The number of anilines is 1. The molecule has 15 heavy (non-hydrogen) atoms. The van der Waals surface area contributed by atoms with Crippen LogP contribution in [-0.2, 0) is 4.79 Å². The number of ketones is 1. The molecule has 1 atom stereocenters. The van der Waals surface area contributed by atoms with Crippen LogP contribution in [0.25, 0.3) is 0 Å². The molecule has 1 aromatic carbocycles. The molecule has 0 amide bonds. The molecule has 0 spiro atoms. The third-order valence-electron chi connectivity index (χ3n) is 2.92. The summed E-state index contributed by atoms with van der Waals surface area (Å²) in [6.07, 6.45) is 5.14. The summed E-state index contributed by atoms with van der Waals surface area (Å²) >= 11 is 0. The van der Waals surface area contributed by atoms with Crippen LogP contribution in [0.5, 0.6) is 0 Å². The average Bonchev–Trinajstić information content (AvgIpc) is 2.46. The number of hydrogen-bond acceptors (Lipinski definition) is 2. The number of carbonyl (C=O) groups is 1. The molecule has 0 heterocycles. The minimum absolute atomic E-state index is 0.0369. The van der Waals surface area contributed by atoms with E-state index in [0.29, 0.717) is 5.78 Å². The van der Waals surface area contributed by atoms with E-state index in [-0.39, 0.29) is 6.04 Å². The van der Waals surface area contributed by atoms with Crippen molar-refractivity contribution in [2.24, 2.45) is 0 Å².